The van der Waals surface area contributed by atoms with Crippen LogP contribution in [0.4, 0.5) is 0 Å². The highest BCUT2D eigenvalue weighted by molar-refractivity contribution is 7.89. The number of piperidine rings is 1. The van der Waals surface area contributed by atoms with E-state index in [1.54, 1.807) is 12.3 Å². The molecule has 118 valence electrons. The van der Waals surface area contributed by atoms with Gasteiger partial charge in [-0.25, -0.2) is 8.42 Å². The molecule has 1 aromatic heterocycles. The van der Waals surface area contributed by atoms with Crippen LogP contribution in [0.25, 0.3) is 0 Å². The summed E-state index contributed by atoms with van der Waals surface area (Å²) >= 11 is 1.14. The van der Waals surface area contributed by atoms with Crippen molar-refractivity contribution in [2.75, 3.05) is 26.2 Å². The number of thiophene rings is 1. The van der Waals surface area contributed by atoms with Crippen LogP contribution in [-0.2, 0) is 10.0 Å². The van der Waals surface area contributed by atoms with Crippen LogP contribution in [-0.4, -0.2) is 50.0 Å². The third-order valence-corrected chi connectivity index (χ3v) is 6.61. The van der Waals surface area contributed by atoms with Crippen LogP contribution >= 0.6 is 11.3 Å². The first kappa shape index (κ1) is 16.4. The first-order valence-electron chi connectivity index (χ1n) is 6.97. The van der Waals surface area contributed by atoms with Gasteiger partial charge in [0.05, 0.1) is 0 Å². The van der Waals surface area contributed by atoms with Crippen molar-refractivity contribution in [2.24, 2.45) is 5.92 Å². The molecule has 0 atom stereocenters. The maximum Gasteiger partial charge on any atom is 0.262 e. The Morgan fingerprint density at radius 3 is 2.71 bits per heavy atom. The van der Waals surface area contributed by atoms with Crippen molar-refractivity contribution in [1.29, 1.82) is 0 Å². The third-order valence-electron chi connectivity index (χ3n) is 3.62. The summed E-state index contributed by atoms with van der Waals surface area (Å²) in [5, 5.41) is 13.4. The smallest absolute Gasteiger partial charge is 0.262 e. The van der Waals surface area contributed by atoms with Crippen molar-refractivity contribution in [3.8, 4) is 0 Å². The second-order valence-electron chi connectivity index (χ2n) is 5.00. The maximum absolute atomic E-state index is 12.7. The van der Waals surface area contributed by atoms with Gasteiger partial charge in [0.15, 0.2) is 0 Å². The average Bonchev–Trinajstić information content (AvgIpc) is 2.98. The van der Waals surface area contributed by atoms with Gasteiger partial charge in [0.25, 0.3) is 5.91 Å². The normalized spacial score (nSPS) is 17.8. The zero-order valence-electron chi connectivity index (χ0n) is 11.9. The molecule has 6 nitrogen and oxygen atoms in total. The largest absolute Gasteiger partial charge is 0.396 e. The quantitative estimate of drug-likeness (QED) is 0.838. The SMILES string of the molecule is CCNC(=O)c1sccc1S(=O)(=O)N1CCC(CO)CC1. The molecule has 1 aliphatic heterocycles. The van der Waals surface area contributed by atoms with Crippen molar-refractivity contribution in [3.63, 3.8) is 0 Å². The minimum Gasteiger partial charge on any atom is -0.396 e. The minimum atomic E-state index is -3.64. The zero-order valence-corrected chi connectivity index (χ0v) is 13.5. The first-order valence-corrected chi connectivity index (χ1v) is 9.29. The highest BCUT2D eigenvalue weighted by atomic mass is 32.2. The molecule has 1 saturated heterocycles. The Hall–Kier alpha value is -0.960. The average molecular weight is 332 g/mol. The fraction of sp³-hybridized carbons (Fsp3) is 0.615. The number of hydrogen-bond donors (Lipinski definition) is 2. The van der Waals surface area contributed by atoms with E-state index in [1.165, 1.54) is 10.4 Å². The number of aliphatic hydroxyl groups excluding tert-OH is 1. The van der Waals surface area contributed by atoms with Gasteiger partial charge in [-0.3, -0.25) is 4.79 Å². The molecular weight excluding hydrogens is 312 g/mol. The summed E-state index contributed by atoms with van der Waals surface area (Å²) in [6.45, 7) is 3.12. The summed E-state index contributed by atoms with van der Waals surface area (Å²) in [5.74, 6) is -0.182. The summed E-state index contributed by atoms with van der Waals surface area (Å²) in [5.41, 5.74) is 0. The Labute approximate surface area is 128 Å². The molecule has 0 saturated carbocycles. The van der Waals surface area contributed by atoms with Crippen LogP contribution in [0.1, 0.15) is 29.4 Å². The maximum atomic E-state index is 12.7. The summed E-state index contributed by atoms with van der Waals surface area (Å²) in [6.07, 6.45) is 1.30. The Morgan fingerprint density at radius 1 is 1.48 bits per heavy atom. The molecule has 0 radical (unpaired) electrons. The molecule has 0 spiro atoms. The Morgan fingerprint density at radius 2 is 2.14 bits per heavy atom. The van der Waals surface area contributed by atoms with E-state index in [4.69, 9.17) is 5.11 Å². The summed E-state index contributed by atoms with van der Waals surface area (Å²) in [4.78, 5) is 12.3. The van der Waals surface area contributed by atoms with E-state index < -0.39 is 10.0 Å². The van der Waals surface area contributed by atoms with Crippen LogP contribution in [0.5, 0.6) is 0 Å². The van der Waals surface area contributed by atoms with E-state index in [0.29, 0.717) is 32.5 Å². The van der Waals surface area contributed by atoms with E-state index in [1.807, 2.05) is 0 Å². The molecule has 8 heteroatoms. The summed E-state index contributed by atoms with van der Waals surface area (Å²) in [7, 11) is -3.64. The van der Waals surface area contributed by atoms with Crippen LogP contribution < -0.4 is 5.32 Å². The predicted molar refractivity (Wildman–Crippen MR) is 80.9 cm³/mol. The zero-order chi connectivity index (χ0) is 15.5. The fourth-order valence-electron chi connectivity index (χ4n) is 2.38. The van der Waals surface area contributed by atoms with Gasteiger partial charge < -0.3 is 10.4 Å². The molecule has 2 heterocycles. The van der Waals surface area contributed by atoms with Crippen LogP contribution in [0.15, 0.2) is 16.3 Å². The summed E-state index contributed by atoms with van der Waals surface area (Å²) < 4.78 is 26.7. The number of rotatable bonds is 5. The number of carbonyl (C=O) groups excluding carboxylic acids is 1. The third kappa shape index (κ3) is 3.45. The Kier molecular flexibility index (Phi) is 5.37. The minimum absolute atomic E-state index is 0.0842. The lowest BCUT2D eigenvalue weighted by molar-refractivity contribution is 0.0956. The molecule has 2 N–H and O–H groups in total. The molecule has 0 bridgehead atoms. The monoisotopic (exact) mass is 332 g/mol. The molecule has 1 fully saturated rings. The predicted octanol–water partition coefficient (Wildman–Crippen LogP) is 0.891. The number of aliphatic hydroxyl groups is 1. The standard InChI is InChI=1S/C13H20N2O4S2/c1-2-14-13(17)12-11(5-8-20-12)21(18,19)15-6-3-10(9-16)4-7-15/h5,8,10,16H,2-4,6-7,9H2,1H3,(H,14,17). The van der Waals surface area contributed by atoms with Gasteiger partial charge in [0, 0.05) is 26.2 Å². The van der Waals surface area contributed by atoms with Gasteiger partial charge in [-0.1, -0.05) is 0 Å². The van der Waals surface area contributed by atoms with E-state index in [-0.39, 0.29) is 28.2 Å². The van der Waals surface area contributed by atoms with Crippen molar-refractivity contribution in [2.45, 2.75) is 24.7 Å². The van der Waals surface area contributed by atoms with Crippen molar-refractivity contribution in [1.82, 2.24) is 9.62 Å². The van der Waals surface area contributed by atoms with Gasteiger partial charge in [0.1, 0.15) is 9.77 Å². The molecule has 1 amide bonds. The number of sulfonamides is 1. The number of carbonyl (C=O) groups is 1. The Balaban J connectivity index is 2.21. The van der Waals surface area contributed by atoms with E-state index in [2.05, 4.69) is 5.32 Å². The van der Waals surface area contributed by atoms with Crippen molar-refractivity contribution >= 4 is 27.3 Å². The molecule has 0 unspecified atom stereocenters. The lowest BCUT2D eigenvalue weighted by Gasteiger charge is -2.30. The van der Waals surface area contributed by atoms with Gasteiger partial charge >= 0.3 is 0 Å². The Bertz CT molecular complexity index is 589. The van der Waals surface area contributed by atoms with E-state index in [9.17, 15) is 13.2 Å². The molecule has 1 aromatic rings. The van der Waals surface area contributed by atoms with E-state index in [0.717, 1.165) is 11.3 Å². The highest BCUT2D eigenvalue weighted by Crippen LogP contribution is 2.28. The molecule has 1 aliphatic rings. The number of hydrogen-bond acceptors (Lipinski definition) is 5. The molecule has 21 heavy (non-hydrogen) atoms. The molecule has 0 aliphatic carbocycles. The van der Waals surface area contributed by atoms with Crippen molar-refractivity contribution < 1.29 is 18.3 Å². The topological polar surface area (TPSA) is 86.7 Å². The van der Waals surface area contributed by atoms with Gasteiger partial charge in [-0.2, -0.15) is 4.31 Å². The molecular formula is C13H20N2O4S2. The number of nitrogens with zero attached hydrogens (tertiary/aromatic N) is 1. The second-order valence-corrected chi connectivity index (χ2v) is 7.83. The lowest BCUT2D eigenvalue weighted by atomic mass is 10.00. The molecule has 0 aromatic carbocycles. The fourth-order valence-corrected chi connectivity index (χ4v) is 5.17. The van der Waals surface area contributed by atoms with Crippen LogP contribution in [0, 0.1) is 5.92 Å². The van der Waals surface area contributed by atoms with Crippen LogP contribution in [0.2, 0.25) is 0 Å². The number of amides is 1. The first-order chi connectivity index (χ1) is 10.0. The van der Waals surface area contributed by atoms with E-state index >= 15 is 0 Å². The van der Waals surface area contributed by atoms with Crippen molar-refractivity contribution in [3.05, 3.63) is 16.3 Å². The second kappa shape index (κ2) is 6.87. The van der Waals surface area contributed by atoms with Gasteiger partial charge in [-0.05, 0) is 37.1 Å². The lowest BCUT2D eigenvalue weighted by Crippen LogP contribution is -2.39. The number of nitrogens with one attached hydrogen (secondary N) is 1. The van der Waals surface area contributed by atoms with Gasteiger partial charge in [0.2, 0.25) is 10.0 Å². The van der Waals surface area contributed by atoms with Crippen LogP contribution in [0.3, 0.4) is 0 Å². The van der Waals surface area contributed by atoms with Gasteiger partial charge in [-0.15, -0.1) is 11.3 Å². The highest BCUT2D eigenvalue weighted by Gasteiger charge is 2.32. The summed E-state index contributed by atoms with van der Waals surface area (Å²) in [6, 6.07) is 1.49. The molecule has 2 rings (SSSR count).